The third kappa shape index (κ3) is 6.21. The summed E-state index contributed by atoms with van der Waals surface area (Å²) >= 11 is 13.7. The van der Waals surface area contributed by atoms with Gasteiger partial charge in [-0.2, -0.15) is 11.8 Å². The number of amides is 2. The molecule has 0 aromatic heterocycles. The maximum atomic E-state index is 13.5. The summed E-state index contributed by atoms with van der Waals surface area (Å²) in [5, 5.41) is 4.26. The molecule has 0 bridgehead atoms. The van der Waals surface area contributed by atoms with Gasteiger partial charge >= 0.3 is 0 Å². The Morgan fingerprint density at radius 2 is 1.69 bits per heavy atom. The highest BCUT2D eigenvalue weighted by Crippen LogP contribution is 2.42. The average molecular weight is 494 g/mol. The van der Waals surface area contributed by atoms with Crippen LogP contribution in [0.5, 0.6) is 0 Å². The summed E-state index contributed by atoms with van der Waals surface area (Å²) in [7, 11) is 0. The lowest BCUT2D eigenvalue weighted by Crippen LogP contribution is -2.54. The molecule has 4 nitrogen and oxygen atoms in total. The van der Waals surface area contributed by atoms with E-state index in [0.717, 1.165) is 17.2 Å². The molecule has 172 valence electrons. The zero-order valence-electron chi connectivity index (χ0n) is 18.7. The van der Waals surface area contributed by atoms with Gasteiger partial charge in [-0.05, 0) is 78.1 Å². The number of halogens is 2. The number of piperidine rings is 1. The van der Waals surface area contributed by atoms with E-state index < -0.39 is 6.04 Å². The second-order valence-electron chi connectivity index (χ2n) is 8.96. The highest BCUT2D eigenvalue weighted by Gasteiger charge is 2.40. The molecule has 0 aliphatic carbocycles. The molecule has 1 aliphatic rings. The lowest BCUT2D eigenvalue weighted by Gasteiger charge is -2.45. The van der Waals surface area contributed by atoms with E-state index in [0.29, 0.717) is 36.0 Å². The van der Waals surface area contributed by atoms with Gasteiger partial charge in [-0.15, -0.1) is 0 Å². The van der Waals surface area contributed by atoms with E-state index in [1.165, 1.54) is 5.56 Å². The van der Waals surface area contributed by atoms with Gasteiger partial charge in [0, 0.05) is 28.7 Å². The second kappa shape index (κ2) is 11.0. The molecule has 3 rings (SSSR count). The first-order valence-corrected chi connectivity index (χ1v) is 13.0. The number of hydrogen-bond acceptors (Lipinski definition) is 3. The van der Waals surface area contributed by atoms with Crippen molar-refractivity contribution < 1.29 is 9.59 Å². The van der Waals surface area contributed by atoms with Crippen LogP contribution in [0.1, 0.15) is 48.5 Å². The van der Waals surface area contributed by atoms with E-state index in [9.17, 15) is 9.59 Å². The maximum Gasteiger partial charge on any atom is 0.251 e. The number of hydrogen-bond donors (Lipinski definition) is 1. The van der Waals surface area contributed by atoms with E-state index in [4.69, 9.17) is 23.2 Å². The molecule has 0 spiro atoms. The van der Waals surface area contributed by atoms with Gasteiger partial charge in [0.15, 0.2) is 0 Å². The lowest BCUT2D eigenvalue weighted by molar-refractivity contribution is -0.136. The van der Waals surface area contributed by atoms with Gasteiger partial charge in [-0.25, -0.2) is 0 Å². The number of carbonyl (C=O) groups excluding carboxylic acids is 2. The van der Waals surface area contributed by atoms with Crippen LogP contribution in [0.2, 0.25) is 10.0 Å². The molecule has 2 amide bonds. The van der Waals surface area contributed by atoms with E-state index in [-0.39, 0.29) is 17.2 Å². The average Bonchev–Trinajstić information content (AvgIpc) is 2.76. The van der Waals surface area contributed by atoms with Gasteiger partial charge in [0.25, 0.3) is 5.91 Å². The Balaban J connectivity index is 1.71. The number of carbonyl (C=O) groups is 2. The summed E-state index contributed by atoms with van der Waals surface area (Å²) in [6, 6.07) is 14.2. The van der Waals surface area contributed by atoms with Crippen LogP contribution in [0.15, 0.2) is 48.5 Å². The largest absolute Gasteiger partial charge is 0.340 e. The summed E-state index contributed by atoms with van der Waals surface area (Å²) in [5.41, 5.74) is 1.66. The van der Waals surface area contributed by atoms with Crippen LogP contribution in [0.4, 0.5) is 0 Å². The van der Waals surface area contributed by atoms with E-state index >= 15 is 0 Å². The highest BCUT2D eigenvalue weighted by atomic mass is 35.5. The summed E-state index contributed by atoms with van der Waals surface area (Å²) in [6.07, 6.45) is 3.47. The Morgan fingerprint density at radius 3 is 2.25 bits per heavy atom. The fourth-order valence-electron chi connectivity index (χ4n) is 4.41. The summed E-state index contributed by atoms with van der Waals surface area (Å²) < 4.78 is 0. The molecule has 2 atom stereocenters. The predicted octanol–water partition coefficient (Wildman–Crippen LogP) is 5.89. The zero-order valence-corrected chi connectivity index (χ0v) is 21.1. The smallest absolute Gasteiger partial charge is 0.251 e. The molecule has 1 fully saturated rings. The number of nitrogens with zero attached hydrogens (tertiary/aromatic N) is 1. The number of rotatable bonds is 7. The summed E-state index contributed by atoms with van der Waals surface area (Å²) in [6.45, 7) is 5.72. The number of likely N-dealkylation sites (tertiary alicyclic amines) is 1. The van der Waals surface area contributed by atoms with Crippen molar-refractivity contribution in [3.63, 3.8) is 0 Å². The van der Waals surface area contributed by atoms with Gasteiger partial charge in [0.05, 0.1) is 0 Å². The van der Waals surface area contributed by atoms with Crippen molar-refractivity contribution in [1.82, 2.24) is 10.2 Å². The molecule has 1 saturated heterocycles. The highest BCUT2D eigenvalue weighted by molar-refractivity contribution is 7.98. The quantitative estimate of drug-likeness (QED) is 0.524. The molecule has 32 heavy (non-hydrogen) atoms. The van der Waals surface area contributed by atoms with Crippen LogP contribution >= 0.6 is 35.0 Å². The molecule has 1 unspecified atom stereocenters. The van der Waals surface area contributed by atoms with Crippen LogP contribution < -0.4 is 5.32 Å². The molecular weight excluding hydrogens is 463 g/mol. The molecule has 1 aliphatic heterocycles. The summed E-state index contributed by atoms with van der Waals surface area (Å²) in [4.78, 5) is 28.1. The summed E-state index contributed by atoms with van der Waals surface area (Å²) in [5.74, 6) is 0.875. The monoisotopic (exact) mass is 492 g/mol. The van der Waals surface area contributed by atoms with E-state index in [1.807, 2.05) is 23.3 Å². The SMILES string of the molecule is CSCC[C@@H](NC(=O)c1ccc(Cl)cc1)C(=O)N1CCC(c2ccc(Cl)cc2)C(C)(C)C1. The van der Waals surface area contributed by atoms with Gasteiger partial charge in [-0.1, -0.05) is 49.2 Å². The van der Waals surface area contributed by atoms with Crippen molar-refractivity contribution >= 4 is 46.8 Å². The standard InChI is InChI=1S/C25H30Cl2N2O2S/c1-25(2)16-29(14-12-21(25)17-4-8-19(26)9-5-17)24(31)22(13-15-32-3)28-23(30)18-6-10-20(27)11-7-18/h4-11,21-22H,12-16H2,1-3H3,(H,28,30)/t21?,22-/m1/s1. The first-order chi connectivity index (χ1) is 15.2. The van der Waals surface area contributed by atoms with Crippen LogP contribution in [-0.2, 0) is 4.79 Å². The van der Waals surface area contributed by atoms with Gasteiger partial charge in [-0.3, -0.25) is 9.59 Å². The third-order valence-corrected chi connectivity index (χ3v) is 7.28. The van der Waals surface area contributed by atoms with Crippen LogP contribution in [0, 0.1) is 5.41 Å². The lowest BCUT2D eigenvalue weighted by atomic mass is 9.70. The maximum absolute atomic E-state index is 13.5. The van der Waals surface area contributed by atoms with Crippen LogP contribution in [0.25, 0.3) is 0 Å². The van der Waals surface area contributed by atoms with Crippen molar-refractivity contribution in [2.24, 2.45) is 5.41 Å². The Bertz CT molecular complexity index is 932. The second-order valence-corrected chi connectivity index (χ2v) is 10.8. The Labute approximate surface area is 205 Å². The van der Waals surface area contributed by atoms with Crippen molar-refractivity contribution in [3.05, 3.63) is 69.7 Å². The Hall–Kier alpha value is -1.69. The zero-order chi connectivity index (χ0) is 23.3. The number of thioether (sulfide) groups is 1. The number of benzene rings is 2. The fourth-order valence-corrected chi connectivity index (χ4v) is 5.14. The van der Waals surface area contributed by atoms with E-state index in [1.54, 1.807) is 36.0 Å². The van der Waals surface area contributed by atoms with Crippen molar-refractivity contribution in [2.45, 2.75) is 38.6 Å². The third-order valence-electron chi connectivity index (χ3n) is 6.13. The molecule has 7 heteroatoms. The minimum atomic E-state index is -0.548. The molecule has 1 heterocycles. The van der Waals surface area contributed by atoms with Crippen molar-refractivity contribution in [1.29, 1.82) is 0 Å². The topological polar surface area (TPSA) is 49.4 Å². The Morgan fingerprint density at radius 1 is 1.09 bits per heavy atom. The first kappa shape index (κ1) is 24.9. The molecule has 2 aromatic rings. The molecule has 1 N–H and O–H groups in total. The molecule has 2 aromatic carbocycles. The van der Waals surface area contributed by atoms with Gasteiger partial charge < -0.3 is 10.2 Å². The minimum Gasteiger partial charge on any atom is -0.340 e. The normalized spacial score (nSPS) is 18.8. The van der Waals surface area contributed by atoms with Crippen molar-refractivity contribution in [2.75, 3.05) is 25.1 Å². The molecular formula is C25H30Cl2N2O2S. The number of nitrogens with one attached hydrogen (secondary N) is 1. The van der Waals surface area contributed by atoms with Crippen molar-refractivity contribution in [3.8, 4) is 0 Å². The van der Waals surface area contributed by atoms with Crippen LogP contribution in [0.3, 0.4) is 0 Å². The fraction of sp³-hybridized carbons (Fsp3) is 0.440. The molecule has 0 radical (unpaired) electrons. The first-order valence-electron chi connectivity index (χ1n) is 10.8. The minimum absolute atomic E-state index is 0.0102. The molecule has 0 saturated carbocycles. The van der Waals surface area contributed by atoms with Gasteiger partial charge in [0.1, 0.15) is 6.04 Å². The Kier molecular flexibility index (Phi) is 8.54. The van der Waals surface area contributed by atoms with Crippen LogP contribution in [-0.4, -0.2) is 47.9 Å². The van der Waals surface area contributed by atoms with E-state index in [2.05, 4.69) is 31.3 Å². The van der Waals surface area contributed by atoms with Gasteiger partial charge in [0.2, 0.25) is 5.91 Å². The predicted molar refractivity (Wildman–Crippen MR) is 135 cm³/mol.